The highest BCUT2D eigenvalue weighted by Crippen LogP contribution is 2.58. The predicted molar refractivity (Wildman–Crippen MR) is 167 cm³/mol. The zero-order valence-corrected chi connectivity index (χ0v) is 27.4. The molecule has 0 radical (unpaired) electrons. The van der Waals surface area contributed by atoms with Crippen molar-refractivity contribution in [2.45, 2.75) is 47.1 Å². The van der Waals surface area contributed by atoms with E-state index in [9.17, 15) is 8.42 Å². The molecule has 5 rings (SSSR count). The van der Waals surface area contributed by atoms with Crippen molar-refractivity contribution in [1.29, 1.82) is 0 Å². The molecule has 1 N–H and O–H groups in total. The number of hydrogen-bond donors (Lipinski definition) is 1. The van der Waals surface area contributed by atoms with Crippen molar-refractivity contribution in [1.82, 2.24) is 9.88 Å². The molecule has 42 heavy (non-hydrogen) atoms. The molecule has 0 aliphatic heterocycles. The highest BCUT2D eigenvalue weighted by atomic mass is 35.5. The summed E-state index contributed by atoms with van der Waals surface area (Å²) in [5.41, 5.74) is 0.865. The number of nitrogens with zero attached hydrogens (tertiary/aromatic N) is 3. The molecule has 4 atom stereocenters. The predicted octanol–water partition coefficient (Wildman–Crippen LogP) is 6.66. The highest BCUT2D eigenvalue weighted by Gasteiger charge is 2.56. The van der Waals surface area contributed by atoms with Gasteiger partial charge in [-0.2, -0.15) is 0 Å². The Labute approximate surface area is 264 Å². The third-order valence-corrected chi connectivity index (χ3v) is 12.0. The van der Waals surface area contributed by atoms with Crippen LogP contribution >= 0.6 is 46.1 Å². The molecule has 2 aromatic carbocycles. The van der Waals surface area contributed by atoms with Gasteiger partial charge in [0.05, 0.1) is 31.5 Å². The quantitative estimate of drug-likeness (QED) is 0.240. The number of aromatic nitrogens is 1. The second-order valence-electron chi connectivity index (χ2n) is 10.9. The number of hydrogen-bond acceptors (Lipinski definition) is 8. The van der Waals surface area contributed by atoms with E-state index < -0.39 is 25.1 Å². The van der Waals surface area contributed by atoms with Gasteiger partial charge in [0.1, 0.15) is 26.5 Å². The van der Waals surface area contributed by atoms with Gasteiger partial charge in [-0.25, -0.2) is 22.1 Å². The summed E-state index contributed by atoms with van der Waals surface area (Å²) in [6.45, 7) is -0.155. The Morgan fingerprint density at radius 3 is 2.55 bits per heavy atom. The van der Waals surface area contributed by atoms with Crippen LogP contribution in [0.4, 0.5) is 15.2 Å². The number of anilines is 2. The number of nitrogens with one attached hydrogen (secondary N) is 1. The van der Waals surface area contributed by atoms with E-state index >= 15 is 4.39 Å². The molecule has 0 spiro atoms. The number of alkyl halides is 2. The molecule has 2 aliphatic carbocycles. The van der Waals surface area contributed by atoms with Crippen LogP contribution in [0.3, 0.4) is 0 Å². The van der Waals surface area contributed by atoms with E-state index in [4.69, 9.17) is 44.3 Å². The molecule has 1 aromatic heterocycles. The van der Waals surface area contributed by atoms with Crippen LogP contribution in [0, 0.1) is 17.7 Å². The van der Waals surface area contributed by atoms with Crippen molar-refractivity contribution in [2.24, 2.45) is 11.8 Å². The molecule has 8 nitrogen and oxygen atoms in total. The Bertz CT molecular complexity index is 1540. The van der Waals surface area contributed by atoms with Crippen LogP contribution in [0.25, 0.3) is 0 Å². The van der Waals surface area contributed by atoms with E-state index in [0.29, 0.717) is 35.1 Å². The minimum atomic E-state index is -4.44. The van der Waals surface area contributed by atoms with Crippen LogP contribution in [0.15, 0.2) is 46.8 Å². The first-order chi connectivity index (χ1) is 19.8. The molecule has 2 aliphatic rings. The lowest BCUT2D eigenvalue weighted by molar-refractivity contribution is 0.0407. The van der Waals surface area contributed by atoms with Gasteiger partial charge in [0.15, 0.2) is 5.13 Å². The fourth-order valence-corrected chi connectivity index (χ4v) is 9.52. The van der Waals surface area contributed by atoms with Crippen molar-refractivity contribution in [3.05, 3.63) is 58.3 Å². The van der Waals surface area contributed by atoms with Crippen molar-refractivity contribution in [3.8, 4) is 11.5 Å². The van der Waals surface area contributed by atoms with Crippen LogP contribution in [0.2, 0.25) is 5.02 Å². The van der Waals surface area contributed by atoms with Crippen molar-refractivity contribution in [3.63, 3.8) is 0 Å². The fraction of sp³-hybridized carbons (Fsp3) is 0.464. The van der Waals surface area contributed by atoms with E-state index in [0.717, 1.165) is 40.6 Å². The summed E-state index contributed by atoms with van der Waals surface area (Å²) in [5, 5.41) is 5.30. The molecule has 228 valence electrons. The first-order valence-electron chi connectivity index (χ1n) is 13.3. The molecule has 2 unspecified atom stereocenters. The molecule has 0 bridgehead atoms. The summed E-state index contributed by atoms with van der Waals surface area (Å²) in [7, 11) is 2.52. The van der Waals surface area contributed by atoms with Crippen molar-refractivity contribution < 1.29 is 22.3 Å². The van der Waals surface area contributed by atoms with E-state index in [-0.39, 0.29) is 34.7 Å². The third kappa shape index (κ3) is 6.01. The molecular formula is C28H32Cl3FN4O4S2. The van der Waals surface area contributed by atoms with Gasteiger partial charge >= 0.3 is 0 Å². The zero-order valence-electron chi connectivity index (χ0n) is 23.5. The molecule has 2 saturated carbocycles. The lowest BCUT2D eigenvalue weighted by Crippen LogP contribution is -2.59. The number of benzene rings is 2. The number of methoxy groups -OCH3 is 2. The summed E-state index contributed by atoms with van der Waals surface area (Å²) >= 11 is 20.7. The first kappa shape index (κ1) is 31.4. The largest absolute Gasteiger partial charge is 0.497 e. The SMILES string of the molecule is COc1ccc(CN(c2nccs2)S(=O)(=O)c2cc(Cl)c(N[C@H]3CC4CC(Cl)(Cl)C4C[C@@H]3N(C)C)cc2F)c(OC)c1. The lowest BCUT2D eigenvalue weighted by atomic mass is 9.61. The second-order valence-corrected chi connectivity index (χ2v) is 15.5. The zero-order chi connectivity index (χ0) is 30.4. The Morgan fingerprint density at radius 1 is 1.17 bits per heavy atom. The Kier molecular flexibility index (Phi) is 9.10. The molecule has 0 amide bonds. The van der Waals surface area contributed by atoms with Crippen molar-refractivity contribution in [2.75, 3.05) is 37.9 Å². The maximum absolute atomic E-state index is 15.8. The molecule has 0 saturated heterocycles. The van der Waals surface area contributed by atoms with Gasteiger partial charge in [0, 0.05) is 35.3 Å². The van der Waals surface area contributed by atoms with Gasteiger partial charge in [-0.05, 0) is 69.5 Å². The topological polar surface area (TPSA) is 84.0 Å². The maximum Gasteiger partial charge on any atom is 0.269 e. The molecule has 2 fully saturated rings. The summed E-state index contributed by atoms with van der Waals surface area (Å²) in [6.07, 6.45) is 3.76. The number of fused-ring (bicyclic) bond motifs is 1. The van der Waals surface area contributed by atoms with Gasteiger partial charge in [-0.3, -0.25) is 0 Å². The Hall–Kier alpha value is -2.02. The molecule has 3 aromatic rings. The smallest absolute Gasteiger partial charge is 0.269 e. The maximum atomic E-state index is 15.8. The molecular weight excluding hydrogens is 646 g/mol. The van der Waals surface area contributed by atoms with E-state index in [1.807, 2.05) is 14.1 Å². The summed E-state index contributed by atoms with van der Waals surface area (Å²) in [5.74, 6) is 0.573. The van der Waals surface area contributed by atoms with E-state index in [2.05, 4.69) is 15.2 Å². The highest BCUT2D eigenvalue weighted by molar-refractivity contribution is 7.93. The van der Waals surface area contributed by atoms with Crippen LogP contribution in [-0.4, -0.2) is 63.0 Å². The van der Waals surface area contributed by atoms with E-state index in [1.54, 1.807) is 23.6 Å². The van der Waals surface area contributed by atoms with Gasteiger partial charge in [0.2, 0.25) is 0 Å². The van der Waals surface area contributed by atoms with Crippen LogP contribution in [0.1, 0.15) is 24.8 Å². The summed E-state index contributed by atoms with van der Waals surface area (Å²) in [6, 6.07) is 7.36. The van der Waals surface area contributed by atoms with Crippen LogP contribution < -0.4 is 19.1 Å². The minimum absolute atomic E-state index is 0.0561. The number of halogens is 4. The summed E-state index contributed by atoms with van der Waals surface area (Å²) in [4.78, 5) is 5.74. The molecule has 14 heteroatoms. The Morgan fingerprint density at radius 2 is 1.93 bits per heavy atom. The first-order valence-corrected chi connectivity index (χ1v) is 16.7. The number of thiazole rings is 1. The number of likely N-dealkylation sites (N-methyl/N-ethyl adjacent to an activating group) is 1. The van der Waals surface area contributed by atoms with Crippen LogP contribution in [-0.2, 0) is 16.6 Å². The third-order valence-electron chi connectivity index (χ3n) is 8.20. The fourth-order valence-electron chi connectivity index (χ4n) is 5.96. The number of rotatable bonds is 10. The number of sulfonamides is 1. The average molecular weight is 678 g/mol. The minimum Gasteiger partial charge on any atom is -0.497 e. The standard InChI is InChI=1S/C28H32Cl3FN4O4S2/c1-35(2)24-11-19-17(14-28(19,30)31)9-23(24)34-22-13-21(32)26(12-20(22)29)42(37,38)36(27-33-7-8-41-27)15-16-5-6-18(39-3)10-25(16)40-4/h5-8,10,12-13,17,19,23-24,34H,9,11,14-15H2,1-4H3/t17?,19?,23-,24-/m0/s1. The average Bonchev–Trinajstić information content (AvgIpc) is 3.47. The van der Waals surface area contributed by atoms with Gasteiger partial charge < -0.3 is 19.7 Å². The normalized spacial score (nSPS) is 23.2. The van der Waals surface area contributed by atoms with Crippen molar-refractivity contribution >= 4 is 67.0 Å². The second kappa shape index (κ2) is 12.2. The monoisotopic (exact) mass is 676 g/mol. The number of ether oxygens (including phenoxy) is 2. The van der Waals surface area contributed by atoms with Gasteiger partial charge in [0.25, 0.3) is 10.0 Å². The summed E-state index contributed by atoms with van der Waals surface area (Å²) < 4.78 is 54.8. The lowest BCUT2D eigenvalue weighted by Gasteiger charge is -2.55. The van der Waals surface area contributed by atoms with Gasteiger partial charge in [-0.1, -0.05) is 11.6 Å². The Balaban J connectivity index is 1.45. The van der Waals surface area contributed by atoms with Gasteiger partial charge in [-0.15, -0.1) is 34.5 Å². The molecule has 1 heterocycles. The van der Waals surface area contributed by atoms with E-state index in [1.165, 1.54) is 20.4 Å². The van der Waals surface area contributed by atoms with Crippen LogP contribution in [0.5, 0.6) is 11.5 Å².